The number of pyridine rings is 1. The smallest absolute Gasteiger partial charge is 0.179 e. The van der Waals surface area contributed by atoms with Crippen LogP contribution in [0.25, 0.3) is 10.9 Å². The Labute approximate surface area is 258 Å². The van der Waals surface area contributed by atoms with Crippen molar-refractivity contribution >= 4 is 48.2 Å². The van der Waals surface area contributed by atoms with Gasteiger partial charge in [-0.05, 0) is 91.7 Å². The van der Waals surface area contributed by atoms with Crippen molar-refractivity contribution in [1.82, 2.24) is 15.0 Å². The summed E-state index contributed by atoms with van der Waals surface area (Å²) < 4.78 is 57.7. The summed E-state index contributed by atoms with van der Waals surface area (Å²) in [5.41, 5.74) is 0.574. The number of halogens is 2. The summed E-state index contributed by atoms with van der Waals surface area (Å²) in [5.74, 6) is 0.830. The van der Waals surface area contributed by atoms with Crippen molar-refractivity contribution in [3.63, 3.8) is 0 Å². The van der Waals surface area contributed by atoms with Crippen molar-refractivity contribution in [2.24, 2.45) is 0 Å². The van der Waals surface area contributed by atoms with Gasteiger partial charge in [-0.25, -0.2) is 22.8 Å². The highest BCUT2D eigenvalue weighted by Crippen LogP contribution is 2.41. The SMILES string of the molecule is CC(OC(C)S(=O)(=O)C(C)C)C1(c2cc3c(Nc4ccc(OCc5cccc(F)c5)c(Br)c4)ncnc3cn2)CC=CO1. The van der Waals surface area contributed by atoms with Crippen LogP contribution >= 0.6 is 15.9 Å². The van der Waals surface area contributed by atoms with Gasteiger partial charge in [0.1, 0.15) is 36.4 Å². The van der Waals surface area contributed by atoms with E-state index in [2.05, 4.69) is 36.2 Å². The first-order chi connectivity index (χ1) is 20.5. The van der Waals surface area contributed by atoms with Crippen LogP contribution in [0.5, 0.6) is 5.75 Å². The average molecular weight is 672 g/mol. The molecule has 3 unspecified atom stereocenters. The van der Waals surface area contributed by atoms with Gasteiger partial charge in [0.2, 0.25) is 0 Å². The van der Waals surface area contributed by atoms with Gasteiger partial charge in [0.15, 0.2) is 20.9 Å². The first-order valence-corrected chi connectivity index (χ1v) is 16.2. The van der Waals surface area contributed by atoms with Crippen LogP contribution in [-0.2, 0) is 31.5 Å². The van der Waals surface area contributed by atoms with Crippen LogP contribution in [0.15, 0.2) is 77.9 Å². The molecular formula is C31H32BrFN4O5S. The van der Waals surface area contributed by atoms with Crippen LogP contribution in [0, 0.1) is 5.82 Å². The Balaban J connectivity index is 1.39. The molecule has 0 aliphatic carbocycles. The summed E-state index contributed by atoms with van der Waals surface area (Å²) in [6, 6.07) is 13.6. The van der Waals surface area contributed by atoms with Gasteiger partial charge in [0.05, 0.1) is 33.4 Å². The predicted octanol–water partition coefficient (Wildman–Crippen LogP) is 6.95. The van der Waals surface area contributed by atoms with Crippen LogP contribution < -0.4 is 10.1 Å². The van der Waals surface area contributed by atoms with E-state index >= 15 is 0 Å². The van der Waals surface area contributed by atoms with Gasteiger partial charge in [0, 0.05) is 17.5 Å². The van der Waals surface area contributed by atoms with Crippen LogP contribution in [-0.4, -0.2) is 40.2 Å². The minimum absolute atomic E-state index is 0.221. The normalized spacial score (nSPS) is 18.0. The molecule has 0 saturated heterocycles. The Kier molecular flexibility index (Phi) is 9.00. The van der Waals surface area contributed by atoms with Gasteiger partial charge in [0.25, 0.3) is 0 Å². The molecule has 5 rings (SSSR count). The Bertz CT molecular complexity index is 1760. The van der Waals surface area contributed by atoms with Crippen molar-refractivity contribution in [2.45, 2.75) is 63.1 Å². The number of nitrogens with one attached hydrogen (secondary N) is 1. The third-order valence-corrected chi connectivity index (χ3v) is 10.4. The summed E-state index contributed by atoms with van der Waals surface area (Å²) in [4.78, 5) is 13.5. The Hall–Kier alpha value is -3.61. The molecular weight excluding hydrogens is 639 g/mol. The second-order valence-electron chi connectivity index (χ2n) is 10.6. The van der Waals surface area contributed by atoms with Crippen LogP contribution in [0.2, 0.25) is 0 Å². The number of ether oxygens (including phenoxy) is 3. The van der Waals surface area contributed by atoms with Crippen molar-refractivity contribution in [2.75, 3.05) is 5.32 Å². The molecule has 1 N–H and O–H groups in total. The fraction of sp³-hybridized carbons (Fsp3) is 0.323. The number of fused-ring (bicyclic) bond motifs is 1. The number of anilines is 2. The summed E-state index contributed by atoms with van der Waals surface area (Å²) in [5, 5.41) is 3.46. The van der Waals surface area contributed by atoms with E-state index < -0.39 is 32.2 Å². The quantitative estimate of drug-likeness (QED) is 0.181. The van der Waals surface area contributed by atoms with E-state index in [9.17, 15) is 12.8 Å². The maximum Gasteiger partial charge on any atom is 0.179 e. The first kappa shape index (κ1) is 30.8. The van der Waals surface area contributed by atoms with Crippen molar-refractivity contribution in [1.29, 1.82) is 0 Å². The van der Waals surface area contributed by atoms with Crippen LogP contribution in [0.1, 0.15) is 45.4 Å². The minimum atomic E-state index is -3.49. The highest BCUT2D eigenvalue weighted by Gasteiger charge is 2.45. The van der Waals surface area contributed by atoms with E-state index in [-0.39, 0.29) is 12.4 Å². The summed E-state index contributed by atoms with van der Waals surface area (Å²) in [6.07, 6.45) is 6.34. The second kappa shape index (κ2) is 12.6. The maximum atomic E-state index is 13.5. The summed E-state index contributed by atoms with van der Waals surface area (Å²) >= 11 is 3.56. The van der Waals surface area contributed by atoms with Gasteiger partial charge in [-0.2, -0.15) is 0 Å². The number of rotatable bonds is 11. The van der Waals surface area contributed by atoms with E-state index in [1.807, 2.05) is 24.3 Å². The van der Waals surface area contributed by atoms with Gasteiger partial charge in [-0.3, -0.25) is 4.98 Å². The summed E-state index contributed by atoms with van der Waals surface area (Å²) in [6.45, 7) is 6.82. The maximum absolute atomic E-state index is 13.5. The van der Waals surface area contributed by atoms with E-state index in [1.165, 1.54) is 18.5 Å². The lowest BCUT2D eigenvalue weighted by molar-refractivity contribution is -0.108. The Morgan fingerprint density at radius 2 is 1.91 bits per heavy atom. The zero-order valence-electron chi connectivity index (χ0n) is 24.1. The second-order valence-corrected chi connectivity index (χ2v) is 14.2. The van der Waals surface area contributed by atoms with Crippen molar-refractivity contribution < 1.29 is 27.0 Å². The molecule has 0 amide bonds. The third kappa shape index (κ3) is 6.51. The minimum Gasteiger partial charge on any atom is -0.488 e. The molecule has 3 heterocycles. The molecule has 9 nitrogen and oxygen atoms in total. The lowest BCUT2D eigenvalue weighted by atomic mass is 9.89. The van der Waals surface area contributed by atoms with Crippen LogP contribution in [0.4, 0.5) is 15.9 Å². The molecule has 4 aromatic rings. The molecule has 1 aliphatic heterocycles. The molecule has 0 bridgehead atoms. The molecule has 226 valence electrons. The number of hydrogen-bond acceptors (Lipinski definition) is 9. The van der Waals surface area contributed by atoms with Crippen molar-refractivity contribution in [3.8, 4) is 5.75 Å². The monoisotopic (exact) mass is 670 g/mol. The standard InChI is InChI=1S/C31H32BrFN4O5S/c1-19(2)43(38,39)21(4)42-20(3)31(11-6-12-41-31)29-15-25-27(16-34-29)35-18-36-30(25)37-24-9-10-28(26(32)14-24)40-17-22-7-5-8-23(33)13-22/h5-10,12-16,18-21H,11,17H2,1-4H3,(H,35,36,37). The molecule has 12 heteroatoms. The molecule has 2 aromatic carbocycles. The molecule has 0 fully saturated rings. The molecule has 1 aliphatic rings. The lowest BCUT2D eigenvalue weighted by Gasteiger charge is -2.35. The molecule has 0 spiro atoms. The van der Waals surface area contributed by atoms with Gasteiger partial charge < -0.3 is 19.5 Å². The van der Waals surface area contributed by atoms with E-state index in [0.717, 1.165) is 11.3 Å². The predicted molar refractivity (Wildman–Crippen MR) is 166 cm³/mol. The third-order valence-electron chi connectivity index (χ3n) is 7.40. The van der Waals surface area contributed by atoms with Crippen LogP contribution in [0.3, 0.4) is 0 Å². The van der Waals surface area contributed by atoms with E-state index in [1.54, 1.807) is 58.4 Å². The number of aromatic nitrogens is 3. The fourth-order valence-corrected chi connectivity index (χ4v) is 6.43. The highest BCUT2D eigenvalue weighted by atomic mass is 79.9. The Morgan fingerprint density at radius 3 is 2.60 bits per heavy atom. The lowest BCUT2D eigenvalue weighted by Crippen LogP contribution is -2.43. The number of hydrogen-bond donors (Lipinski definition) is 1. The zero-order valence-corrected chi connectivity index (χ0v) is 26.5. The topological polar surface area (TPSA) is 113 Å². The molecule has 3 atom stereocenters. The molecule has 0 saturated carbocycles. The fourth-order valence-electron chi connectivity index (χ4n) is 4.84. The highest BCUT2D eigenvalue weighted by molar-refractivity contribution is 9.10. The number of nitrogens with zero attached hydrogens (tertiary/aromatic N) is 3. The molecule has 2 aromatic heterocycles. The van der Waals surface area contributed by atoms with Crippen molar-refractivity contribution in [3.05, 3.63) is 94.9 Å². The largest absolute Gasteiger partial charge is 0.488 e. The first-order valence-electron chi connectivity index (χ1n) is 13.8. The van der Waals surface area contributed by atoms with E-state index in [0.29, 0.717) is 39.1 Å². The molecule has 43 heavy (non-hydrogen) atoms. The molecule has 0 radical (unpaired) electrons. The zero-order chi connectivity index (χ0) is 30.8. The van der Waals surface area contributed by atoms with E-state index in [4.69, 9.17) is 14.2 Å². The number of sulfone groups is 1. The van der Waals surface area contributed by atoms with Gasteiger partial charge >= 0.3 is 0 Å². The number of benzene rings is 2. The van der Waals surface area contributed by atoms with Gasteiger partial charge in [-0.1, -0.05) is 12.1 Å². The van der Waals surface area contributed by atoms with Gasteiger partial charge in [-0.15, -0.1) is 0 Å². The summed E-state index contributed by atoms with van der Waals surface area (Å²) in [7, 11) is -3.49. The Morgan fingerprint density at radius 1 is 1.09 bits per heavy atom. The average Bonchev–Trinajstić information content (AvgIpc) is 3.48.